The lowest BCUT2D eigenvalue weighted by atomic mass is 9.61. The van der Waals surface area contributed by atoms with Gasteiger partial charge in [-0.2, -0.15) is 0 Å². The molecule has 0 bridgehead atoms. The van der Waals surface area contributed by atoms with Gasteiger partial charge in [-0.15, -0.1) is 0 Å². The van der Waals surface area contributed by atoms with E-state index >= 15 is 0 Å². The summed E-state index contributed by atoms with van der Waals surface area (Å²) in [7, 11) is 0. The fourth-order valence-corrected chi connectivity index (χ4v) is 10.4. The minimum Gasteiger partial charge on any atom is -0.335 e. The first kappa shape index (κ1) is 29.3. The normalized spacial score (nSPS) is 21.3. The summed E-state index contributed by atoms with van der Waals surface area (Å²) in [5.41, 5.74) is 11.7. The predicted octanol–water partition coefficient (Wildman–Crippen LogP) is 12.6. The predicted molar refractivity (Wildman–Crippen MR) is 208 cm³/mol. The molecule has 10 rings (SSSR count). The van der Waals surface area contributed by atoms with Crippen molar-refractivity contribution in [1.29, 1.82) is 0 Å². The van der Waals surface area contributed by atoms with Crippen LogP contribution in [0.1, 0.15) is 67.3 Å². The zero-order valence-corrected chi connectivity index (χ0v) is 28.6. The van der Waals surface area contributed by atoms with Gasteiger partial charge in [-0.25, -0.2) is 4.85 Å². The van der Waals surface area contributed by atoms with Crippen molar-refractivity contribution in [3.63, 3.8) is 0 Å². The molecule has 2 nitrogen and oxygen atoms in total. The molecule has 1 heterocycles. The van der Waals surface area contributed by atoms with Crippen molar-refractivity contribution >= 4 is 38.6 Å². The van der Waals surface area contributed by atoms with E-state index in [0.717, 1.165) is 18.5 Å². The van der Waals surface area contributed by atoms with Crippen molar-refractivity contribution in [2.75, 3.05) is 4.90 Å². The van der Waals surface area contributed by atoms with Crippen LogP contribution in [0.3, 0.4) is 0 Å². The summed E-state index contributed by atoms with van der Waals surface area (Å²) >= 11 is 0. The molecule has 50 heavy (non-hydrogen) atoms. The molecule has 1 saturated carbocycles. The lowest BCUT2D eigenvalue weighted by Crippen LogP contribution is -2.54. The van der Waals surface area contributed by atoms with Crippen molar-refractivity contribution in [1.82, 2.24) is 0 Å². The number of hydrogen-bond donors (Lipinski definition) is 0. The number of rotatable bonds is 3. The number of benzene rings is 7. The Hall–Kier alpha value is -5.65. The summed E-state index contributed by atoms with van der Waals surface area (Å²) in [6, 6.07) is 54.2. The van der Waals surface area contributed by atoms with Crippen LogP contribution in [0.25, 0.3) is 37.5 Å². The highest BCUT2D eigenvalue weighted by atomic mass is 15.3. The maximum atomic E-state index is 7.83. The highest BCUT2D eigenvalue weighted by Gasteiger charge is 2.58. The van der Waals surface area contributed by atoms with Crippen molar-refractivity contribution in [2.24, 2.45) is 0 Å². The first-order valence-electron chi connectivity index (χ1n) is 18.0. The summed E-state index contributed by atoms with van der Waals surface area (Å²) < 4.78 is 0. The van der Waals surface area contributed by atoms with Crippen molar-refractivity contribution in [3.8, 4) is 11.1 Å². The fourth-order valence-electron chi connectivity index (χ4n) is 10.4. The molecule has 7 aromatic rings. The molecule has 0 spiro atoms. The van der Waals surface area contributed by atoms with Gasteiger partial charge in [0.05, 0.1) is 17.5 Å². The van der Waals surface area contributed by atoms with E-state index < -0.39 is 5.41 Å². The fraction of sp³-hybridized carbons (Fsp3) is 0.188. The number of anilines is 2. The van der Waals surface area contributed by atoms with Crippen LogP contribution in [-0.4, -0.2) is 5.54 Å². The van der Waals surface area contributed by atoms with E-state index in [4.69, 9.17) is 6.57 Å². The average Bonchev–Trinajstić information content (AvgIpc) is 3.58. The van der Waals surface area contributed by atoms with Gasteiger partial charge in [-0.1, -0.05) is 147 Å². The summed E-state index contributed by atoms with van der Waals surface area (Å²) in [5.74, 6) is 0. The third-order valence-corrected chi connectivity index (χ3v) is 12.9. The van der Waals surface area contributed by atoms with E-state index in [0.29, 0.717) is 0 Å². The van der Waals surface area contributed by atoms with Crippen LogP contribution in [0, 0.1) is 6.57 Å². The van der Waals surface area contributed by atoms with E-state index in [1.165, 1.54) is 84.7 Å². The van der Waals surface area contributed by atoms with E-state index in [2.05, 4.69) is 163 Å². The van der Waals surface area contributed by atoms with E-state index in [1.54, 1.807) is 0 Å². The molecule has 2 atom stereocenters. The minimum atomic E-state index is -0.504. The highest BCUT2D eigenvalue weighted by Crippen LogP contribution is 2.63. The van der Waals surface area contributed by atoms with Crippen molar-refractivity contribution in [3.05, 3.63) is 185 Å². The highest BCUT2D eigenvalue weighted by molar-refractivity contribution is 6.14. The van der Waals surface area contributed by atoms with Crippen molar-refractivity contribution < 1.29 is 0 Å². The van der Waals surface area contributed by atoms with Crippen LogP contribution >= 0.6 is 0 Å². The standard InChI is InChI=1S/C48H38N2/c1-46-28-12-13-29-47(46,2)50(44-27-21-35(49-3)30-43(44)46)36-22-24-40-42(31-36)48(33-15-6-4-7-16-33,34-17-8-5-9-18-34)41-26-25-38-37-19-11-10-14-32(37)20-23-39(38)45(40)41/h4-11,14-27,30-31H,12-13,28-29H2,1-2H3. The van der Waals surface area contributed by atoms with Crippen LogP contribution in [-0.2, 0) is 10.8 Å². The summed E-state index contributed by atoms with van der Waals surface area (Å²) in [4.78, 5) is 6.53. The van der Waals surface area contributed by atoms with Gasteiger partial charge in [0.1, 0.15) is 0 Å². The molecule has 0 radical (unpaired) electrons. The van der Waals surface area contributed by atoms with Gasteiger partial charge in [0.2, 0.25) is 0 Å². The largest absolute Gasteiger partial charge is 0.335 e. The summed E-state index contributed by atoms with van der Waals surface area (Å²) in [6.07, 6.45) is 4.67. The average molecular weight is 643 g/mol. The van der Waals surface area contributed by atoms with Crippen LogP contribution in [0.4, 0.5) is 17.1 Å². The van der Waals surface area contributed by atoms with Gasteiger partial charge in [0, 0.05) is 16.8 Å². The number of hydrogen-bond acceptors (Lipinski definition) is 1. The molecular weight excluding hydrogens is 605 g/mol. The molecule has 0 amide bonds. The second-order valence-corrected chi connectivity index (χ2v) is 15.0. The van der Waals surface area contributed by atoms with Crippen LogP contribution < -0.4 is 4.90 Å². The first-order valence-corrected chi connectivity index (χ1v) is 18.0. The lowest BCUT2D eigenvalue weighted by molar-refractivity contribution is 0.195. The molecule has 1 aliphatic heterocycles. The van der Waals surface area contributed by atoms with Gasteiger partial charge in [-0.05, 0) is 98.5 Å². The zero-order valence-electron chi connectivity index (χ0n) is 28.6. The Morgan fingerprint density at radius 2 is 1.28 bits per heavy atom. The molecule has 2 heteroatoms. The van der Waals surface area contributed by atoms with Crippen LogP contribution in [0.2, 0.25) is 0 Å². The molecule has 0 aromatic heterocycles. The Morgan fingerprint density at radius 1 is 0.580 bits per heavy atom. The molecule has 1 fully saturated rings. The summed E-state index contributed by atoms with van der Waals surface area (Å²) in [5, 5.41) is 5.15. The second-order valence-electron chi connectivity index (χ2n) is 15.0. The smallest absolute Gasteiger partial charge is 0.187 e. The van der Waals surface area contributed by atoms with Crippen LogP contribution in [0.15, 0.2) is 146 Å². The molecule has 0 saturated heterocycles. The Labute approximate surface area is 294 Å². The quantitative estimate of drug-likeness (QED) is 0.137. The first-order chi connectivity index (χ1) is 24.5. The van der Waals surface area contributed by atoms with E-state index in [1.807, 2.05) is 6.07 Å². The molecule has 0 N–H and O–H groups in total. The van der Waals surface area contributed by atoms with Gasteiger partial charge in [0.15, 0.2) is 5.69 Å². The van der Waals surface area contributed by atoms with Gasteiger partial charge in [0.25, 0.3) is 0 Å². The molecular formula is C48H38N2. The van der Waals surface area contributed by atoms with Gasteiger partial charge < -0.3 is 4.90 Å². The zero-order chi connectivity index (χ0) is 33.7. The van der Waals surface area contributed by atoms with Crippen LogP contribution in [0.5, 0.6) is 0 Å². The molecule has 3 aliphatic rings. The lowest BCUT2D eigenvalue weighted by Gasteiger charge is -2.50. The SMILES string of the molecule is [C-]#[N+]c1ccc2c(c1)C1(C)CCCCC1(C)N2c1ccc2c(c1)C(c1ccccc1)(c1ccccc1)c1ccc3c(ccc4ccccc43)c1-2. The maximum Gasteiger partial charge on any atom is 0.187 e. The third kappa shape index (κ3) is 3.62. The topological polar surface area (TPSA) is 7.60 Å². The summed E-state index contributed by atoms with van der Waals surface area (Å²) in [6.45, 7) is 12.8. The Morgan fingerprint density at radius 3 is 2.04 bits per heavy atom. The number of nitrogens with zero attached hydrogens (tertiary/aromatic N) is 2. The van der Waals surface area contributed by atoms with Gasteiger partial charge in [-0.3, -0.25) is 0 Å². The van der Waals surface area contributed by atoms with Crippen molar-refractivity contribution in [2.45, 2.75) is 55.9 Å². The maximum absolute atomic E-state index is 7.83. The Kier molecular flexibility index (Phi) is 6.11. The monoisotopic (exact) mass is 642 g/mol. The van der Waals surface area contributed by atoms with E-state index in [9.17, 15) is 0 Å². The van der Waals surface area contributed by atoms with E-state index in [-0.39, 0.29) is 11.0 Å². The third-order valence-electron chi connectivity index (χ3n) is 12.9. The molecule has 2 unspecified atom stereocenters. The Balaban J connectivity index is 1.31. The minimum absolute atomic E-state index is 0.0452. The Bertz CT molecular complexity index is 2500. The molecule has 240 valence electrons. The molecule has 2 aliphatic carbocycles. The molecule has 7 aromatic carbocycles. The van der Waals surface area contributed by atoms with Gasteiger partial charge >= 0.3 is 0 Å². The number of fused-ring (bicyclic) bond motifs is 10. The second kappa shape index (κ2) is 10.4.